The van der Waals surface area contributed by atoms with Crippen LogP contribution < -0.4 is 10.6 Å². The fourth-order valence-corrected chi connectivity index (χ4v) is 1.66. The third-order valence-electron chi connectivity index (χ3n) is 2.48. The van der Waals surface area contributed by atoms with E-state index in [1.54, 1.807) is 12.1 Å². The van der Waals surface area contributed by atoms with Crippen LogP contribution >= 0.6 is 0 Å². The second kappa shape index (κ2) is 6.64. The van der Waals surface area contributed by atoms with Gasteiger partial charge in [-0.1, -0.05) is 0 Å². The molecule has 0 fully saturated rings. The minimum absolute atomic E-state index is 0.290. The highest BCUT2D eigenvalue weighted by Gasteiger charge is 2.24. The first-order valence-electron chi connectivity index (χ1n) is 6.82. The number of hydrogen-bond acceptors (Lipinski definition) is 5. The molecule has 0 aliphatic heterocycles. The Morgan fingerprint density at radius 2 is 2.00 bits per heavy atom. The molecule has 2 N–H and O–H groups in total. The first-order chi connectivity index (χ1) is 9.61. The van der Waals surface area contributed by atoms with Gasteiger partial charge >= 0.3 is 6.09 Å². The summed E-state index contributed by atoms with van der Waals surface area (Å²) in [6.45, 7) is 10.3. The van der Waals surface area contributed by atoms with E-state index in [2.05, 4.69) is 10.6 Å². The molecular weight excluding hydrogens is 270 g/mol. The maximum Gasteiger partial charge on any atom is 0.408 e. The monoisotopic (exact) mass is 293 g/mol. The van der Waals surface area contributed by atoms with Gasteiger partial charge in [0.25, 0.3) is 0 Å². The smallest absolute Gasteiger partial charge is 0.408 e. The third kappa shape index (κ3) is 6.82. The SMILES string of the molecule is CC(C)(CNCc1ccc(C#N)o1)NC(=O)OC(C)(C)C. The number of furan rings is 1. The van der Waals surface area contributed by atoms with E-state index in [0.717, 1.165) is 0 Å². The summed E-state index contributed by atoms with van der Waals surface area (Å²) in [5.41, 5.74) is -0.984. The molecule has 1 rings (SSSR count). The second-order valence-electron chi connectivity index (χ2n) is 6.49. The molecule has 6 heteroatoms. The van der Waals surface area contributed by atoms with E-state index >= 15 is 0 Å². The highest BCUT2D eigenvalue weighted by atomic mass is 16.6. The van der Waals surface area contributed by atoms with Crippen LogP contribution in [0.3, 0.4) is 0 Å². The van der Waals surface area contributed by atoms with Crippen LogP contribution in [0.1, 0.15) is 46.1 Å². The average molecular weight is 293 g/mol. The standard InChI is InChI=1S/C15H23N3O3/c1-14(2,3)21-13(19)18-15(4,5)10-17-9-12-7-6-11(8-16)20-12/h6-7,17H,9-10H2,1-5H3,(H,18,19). The summed E-state index contributed by atoms with van der Waals surface area (Å²) in [5, 5.41) is 14.7. The van der Waals surface area contributed by atoms with E-state index in [0.29, 0.717) is 18.8 Å². The number of nitrogens with zero attached hydrogens (tertiary/aromatic N) is 1. The molecule has 0 spiro atoms. The molecule has 0 bridgehead atoms. The summed E-state index contributed by atoms with van der Waals surface area (Å²) in [7, 11) is 0. The van der Waals surface area contributed by atoms with Crippen LogP contribution in [0.4, 0.5) is 4.79 Å². The summed E-state index contributed by atoms with van der Waals surface area (Å²) in [6, 6.07) is 5.31. The van der Waals surface area contributed by atoms with Crippen LogP contribution in [0.15, 0.2) is 16.5 Å². The first kappa shape index (κ1) is 17.1. The number of nitrogens with one attached hydrogen (secondary N) is 2. The van der Waals surface area contributed by atoms with Gasteiger partial charge in [-0.15, -0.1) is 0 Å². The van der Waals surface area contributed by atoms with E-state index in [1.807, 2.05) is 40.7 Å². The van der Waals surface area contributed by atoms with Gasteiger partial charge in [0.15, 0.2) is 0 Å². The van der Waals surface area contributed by atoms with Gasteiger partial charge in [-0.3, -0.25) is 0 Å². The summed E-state index contributed by atoms with van der Waals surface area (Å²) >= 11 is 0. The van der Waals surface area contributed by atoms with E-state index in [-0.39, 0.29) is 5.76 Å². The van der Waals surface area contributed by atoms with Gasteiger partial charge in [0, 0.05) is 6.54 Å². The molecule has 21 heavy (non-hydrogen) atoms. The molecule has 1 aromatic rings. The van der Waals surface area contributed by atoms with E-state index in [4.69, 9.17) is 14.4 Å². The van der Waals surface area contributed by atoms with Gasteiger partial charge in [-0.25, -0.2) is 4.79 Å². The molecule has 0 saturated carbocycles. The van der Waals surface area contributed by atoms with Crippen molar-refractivity contribution in [2.45, 2.75) is 52.3 Å². The molecule has 116 valence electrons. The number of carbonyl (C=O) groups is 1. The van der Waals surface area contributed by atoms with Crippen LogP contribution in [0.25, 0.3) is 0 Å². The van der Waals surface area contributed by atoms with Crippen molar-refractivity contribution in [1.82, 2.24) is 10.6 Å². The minimum Gasteiger partial charge on any atom is -0.449 e. The molecule has 0 aliphatic rings. The molecule has 1 amide bonds. The Kier molecular flexibility index (Phi) is 5.39. The zero-order valence-electron chi connectivity index (χ0n) is 13.2. The molecule has 1 heterocycles. The third-order valence-corrected chi connectivity index (χ3v) is 2.48. The van der Waals surface area contributed by atoms with Gasteiger partial charge < -0.3 is 19.8 Å². The van der Waals surface area contributed by atoms with Crippen LogP contribution in [-0.4, -0.2) is 23.8 Å². The second-order valence-corrected chi connectivity index (χ2v) is 6.49. The number of ether oxygens (including phenoxy) is 1. The van der Waals surface area contributed by atoms with Crippen molar-refractivity contribution in [3.63, 3.8) is 0 Å². The molecule has 1 aromatic heterocycles. The van der Waals surface area contributed by atoms with Crippen molar-refractivity contribution in [3.05, 3.63) is 23.7 Å². The number of rotatable bonds is 5. The zero-order chi connectivity index (χ0) is 16.1. The van der Waals surface area contributed by atoms with Gasteiger partial charge in [0.2, 0.25) is 5.76 Å². The van der Waals surface area contributed by atoms with Crippen LogP contribution in [0, 0.1) is 11.3 Å². The van der Waals surface area contributed by atoms with E-state index < -0.39 is 17.2 Å². The Morgan fingerprint density at radius 1 is 1.33 bits per heavy atom. The van der Waals surface area contributed by atoms with E-state index in [9.17, 15) is 4.79 Å². The summed E-state index contributed by atoms with van der Waals surface area (Å²) < 4.78 is 10.5. The molecule has 0 atom stereocenters. The van der Waals surface area contributed by atoms with Crippen molar-refractivity contribution in [1.29, 1.82) is 5.26 Å². The highest BCUT2D eigenvalue weighted by molar-refractivity contribution is 5.68. The molecule has 0 aliphatic carbocycles. The van der Waals surface area contributed by atoms with Crippen LogP contribution in [0.5, 0.6) is 0 Å². The Bertz CT molecular complexity index is 521. The molecule has 0 radical (unpaired) electrons. The minimum atomic E-state index is -0.518. The van der Waals surface area contributed by atoms with Crippen molar-refractivity contribution >= 4 is 6.09 Å². The topological polar surface area (TPSA) is 87.3 Å². The summed E-state index contributed by atoms with van der Waals surface area (Å²) in [5.74, 6) is 0.970. The maximum atomic E-state index is 11.7. The predicted octanol–water partition coefficient (Wildman–Crippen LogP) is 2.54. The highest BCUT2D eigenvalue weighted by Crippen LogP contribution is 2.10. The Labute approximate surface area is 125 Å². The number of amides is 1. The van der Waals surface area contributed by atoms with Gasteiger partial charge in [0.1, 0.15) is 17.4 Å². The average Bonchev–Trinajstić information content (AvgIpc) is 2.73. The molecule has 0 saturated heterocycles. The Hall–Kier alpha value is -2.00. The lowest BCUT2D eigenvalue weighted by molar-refractivity contribution is 0.0472. The quantitative estimate of drug-likeness (QED) is 0.871. The molecular formula is C15H23N3O3. The first-order valence-corrected chi connectivity index (χ1v) is 6.82. The number of alkyl carbamates (subject to hydrolysis) is 1. The van der Waals surface area contributed by atoms with Gasteiger partial charge in [0.05, 0.1) is 12.1 Å². The zero-order valence-corrected chi connectivity index (χ0v) is 13.2. The molecule has 6 nitrogen and oxygen atoms in total. The van der Waals surface area contributed by atoms with Crippen molar-refractivity contribution in [2.24, 2.45) is 0 Å². The normalized spacial score (nSPS) is 11.8. The summed E-state index contributed by atoms with van der Waals surface area (Å²) in [4.78, 5) is 11.7. The van der Waals surface area contributed by atoms with Crippen LogP contribution in [-0.2, 0) is 11.3 Å². The maximum absolute atomic E-state index is 11.7. The lowest BCUT2D eigenvalue weighted by Crippen LogP contribution is -2.51. The Balaban J connectivity index is 2.39. The fraction of sp³-hybridized carbons (Fsp3) is 0.600. The largest absolute Gasteiger partial charge is 0.449 e. The van der Waals surface area contributed by atoms with Crippen molar-refractivity contribution < 1.29 is 13.9 Å². The molecule has 0 unspecified atom stereocenters. The lowest BCUT2D eigenvalue weighted by Gasteiger charge is -2.28. The van der Waals surface area contributed by atoms with E-state index in [1.165, 1.54) is 0 Å². The van der Waals surface area contributed by atoms with Gasteiger partial charge in [-0.05, 0) is 46.8 Å². The Morgan fingerprint density at radius 3 is 2.52 bits per heavy atom. The fourth-order valence-electron chi connectivity index (χ4n) is 1.66. The number of nitriles is 1. The predicted molar refractivity (Wildman–Crippen MR) is 78.6 cm³/mol. The lowest BCUT2D eigenvalue weighted by atomic mass is 10.1. The number of hydrogen-bond donors (Lipinski definition) is 2. The summed E-state index contributed by atoms with van der Waals surface area (Å²) in [6.07, 6.45) is -0.445. The van der Waals surface area contributed by atoms with Crippen LogP contribution in [0.2, 0.25) is 0 Å². The van der Waals surface area contributed by atoms with Crippen molar-refractivity contribution in [2.75, 3.05) is 6.54 Å². The number of carbonyl (C=O) groups excluding carboxylic acids is 1. The molecule has 0 aromatic carbocycles. The van der Waals surface area contributed by atoms with Gasteiger partial charge in [-0.2, -0.15) is 5.26 Å². The van der Waals surface area contributed by atoms with Crippen molar-refractivity contribution in [3.8, 4) is 6.07 Å².